The van der Waals surface area contributed by atoms with E-state index in [1.807, 2.05) is 23.9 Å². The van der Waals surface area contributed by atoms with Gasteiger partial charge in [-0.1, -0.05) is 18.5 Å². The van der Waals surface area contributed by atoms with Crippen LogP contribution in [-0.2, 0) is 13.1 Å². The number of hydrogen-bond acceptors (Lipinski definition) is 3. The van der Waals surface area contributed by atoms with E-state index in [1.165, 1.54) is 0 Å². The van der Waals surface area contributed by atoms with Gasteiger partial charge in [-0.05, 0) is 19.5 Å². The summed E-state index contributed by atoms with van der Waals surface area (Å²) in [6, 6.07) is 1.97. The van der Waals surface area contributed by atoms with Gasteiger partial charge in [-0.15, -0.1) is 0 Å². The summed E-state index contributed by atoms with van der Waals surface area (Å²) in [5, 5.41) is 8.27. The van der Waals surface area contributed by atoms with Crippen LogP contribution in [0.3, 0.4) is 0 Å². The molecule has 0 saturated heterocycles. The van der Waals surface area contributed by atoms with Crippen molar-refractivity contribution in [2.75, 3.05) is 6.54 Å². The lowest BCUT2D eigenvalue weighted by molar-refractivity contribution is 0.479. The number of nitrogens with one attached hydrogen (secondary N) is 1. The molecular formula is C12H16ClN3O. The number of hydrogen-bond donors (Lipinski definition) is 1. The molecule has 5 heteroatoms. The van der Waals surface area contributed by atoms with Crippen LogP contribution >= 0.6 is 11.6 Å². The Kier molecular flexibility index (Phi) is 3.86. The van der Waals surface area contributed by atoms with Gasteiger partial charge in [-0.25, -0.2) is 0 Å². The molecule has 2 aromatic heterocycles. The third kappa shape index (κ3) is 2.90. The van der Waals surface area contributed by atoms with Gasteiger partial charge in [0.2, 0.25) is 0 Å². The van der Waals surface area contributed by atoms with Crippen LogP contribution in [0, 0.1) is 6.92 Å². The molecule has 0 aliphatic heterocycles. The predicted octanol–water partition coefficient (Wildman–Crippen LogP) is 2.60. The summed E-state index contributed by atoms with van der Waals surface area (Å²) in [7, 11) is 0. The highest BCUT2D eigenvalue weighted by Crippen LogP contribution is 2.16. The van der Waals surface area contributed by atoms with Gasteiger partial charge in [-0.3, -0.25) is 4.68 Å². The van der Waals surface area contributed by atoms with E-state index >= 15 is 0 Å². The maximum absolute atomic E-state index is 5.97. The van der Waals surface area contributed by atoms with Crippen molar-refractivity contribution >= 4 is 11.6 Å². The van der Waals surface area contributed by atoms with E-state index in [-0.39, 0.29) is 0 Å². The summed E-state index contributed by atoms with van der Waals surface area (Å²) < 4.78 is 7.27. The first-order valence-corrected chi connectivity index (χ1v) is 6.04. The van der Waals surface area contributed by atoms with Crippen LogP contribution in [-0.4, -0.2) is 16.3 Å². The first-order chi connectivity index (χ1) is 8.20. The van der Waals surface area contributed by atoms with Crippen molar-refractivity contribution < 1.29 is 4.42 Å². The highest BCUT2D eigenvalue weighted by Gasteiger charge is 2.08. The third-order valence-corrected chi connectivity index (χ3v) is 2.96. The molecule has 0 amide bonds. The Bertz CT molecular complexity index is 470. The van der Waals surface area contributed by atoms with Crippen LogP contribution in [0.4, 0.5) is 0 Å². The van der Waals surface area contributed by atoms with Gasteiger partial charge < -0.3 is 9.73 Å². The van der Waals surface area contributed by atoms with E-state index in [1.54, 1.807) is 6.26 Å². The van der Waals surface area contributed by atoms with Crippen LogP contribution < -0.4 is 5.32 Å². The van der Waals surface area contributed by atoms with Crippen LogP contribution in [0.2, 0.25) is 5.02 Å². The molecule has 0 fully saturated rings. The number of rotatable bonds is 5. The summed E-state index contributed by atoms with van der Waals surface area (Å²) in [5.74, 6) is 0.955. The van der Waals surface area contributed by atoms with Crippen molar-refractivity contribution in [1.82, 2.24) is 15.1 Å². The lowest BCUT2D eigenvalue weighted by Crippen LogP contribution is -2.13. The van der Waals surface area contributed by atoms with E-state index in [0.717, 1.165) is 30.1 Å². The molecule has 1 N–H and O–H groups in total. The Labute approximate surface area is 106 Å². The molecule has 0 atom stereocenters. The molecule has 92 valence electrons. The van der Waals surface area contributed by atoms with Gasteiger partial charge in [0.15, 0.2) is 0 Å². The summed E-state index contributed by atoms with van der Waals surface area (Å²) in [4.78, 5) is 0. The minimum atomic E-state index is 0.685. The van der Waals surface area contributed by atoms with Gasteiger partial charge in [0.05, 0.1) is 30.1 Å². The molecule has 0 saturated carbocycles. The van der Waals surface area contributed by atoms with E-state index in [0.29, 0.717) is 11.6 Å². The average molecular weight is 254 g/mol. The maximum Gasteiger partial charge on any atom is 0.122 e. The van der Waals surface area contributed by atoms with E-state index < -0.39 is 0 Å². The van der Waals surface area contributed by atoms with Gasteiger partial charge in [-0.2, -0.15) is 5.10 Å². The lowest BCUT2D eigenvalue weighted by atomic mass is 10.2. The summed E-state index contributed by atoms with van der Waals surface area (Å²) in [6.07, 6.45) is 3.54. The van der Waals surface area contributed by atoms with Crippen LogP contribution in [0.5, 0.6) is 0 Å². The Hall–Kier alpha value is -1.26. The minimum Gasteiger partial charge on any atom is -0.468 e. The normalized spacial score (nSPS) is 11.0. The second kappa shape index (κ2) is 5.38. The lowest BCUT2D eigenvalue weighted by Gasteiger charge is -2.03. The quantitative estimate of drug-likeness (QED) is 0.891. The van der Waals surface area contributed by atoms with Crippen molar-refractivity contribution in [3.8, 4) is 0 Å². The third-order valence-electron chi connectivity index (χ3n) is 2.59. The van der Waals surface area contributed by atoms with Crippen LogP contribution in [0.15, 0.2) is 22.9 Å². The standard InChI is InChI=1S/C12H16ClN3O/c1-3-14-6-12-10(4-5-17-12)7-16-8-11(13)9(2)15-16/h4-5,8,14H,3,6-7H2,1-2H3. The molecule has 4 nitrogen and oxygen atoms in total. The van der Waals surface area contributed by atoms with Crippen molar-refractivity contribution in [2.45, 2.75) is 26.9 Å². The fourth-order valence-corrected chi connectivity index (χ4v) is 1.80. The molecule has 0 aliphatic carbocycles. The second-order valence-corrected chi connectivity index (χ2v) is 4.32. The Morgan fingerprint density at radius 2 is 2.35 bits per heavy atom. The van der Waals surface area contributed by atoms with Crippen LogP contribution in [0.1, 0.15) is 23.9 Å². The molecule has 2 rings (SSSR count). The SMILES string of the molecule is CCNCc1occc1Cn1cc(Cl)c(C)n1. The predicted molar refractivity (Wildman–Crippen MR) is 67.2 cm³/mol. The zero-order chi connectivity index (χ0) is 12.3. The number of furan rings is 1. The molecule has 0 aromatic carbocycles. The highest BCUT2D eigenvalue weighted by atomic mass is 35.5. The minimum absolute atomic E-state index is 0.685. The number of aromatic nitrogens is 2. The largest absolute Gasteiger partial charge is 0.468 e. The fourth-order valence-electron chi connectivity index (χ4n) is 1.65. The van der Waals surface area contributed by atoms with E-state index in [4.69, 9.17) is 16.0 Å². The molecular weight excluding hydrogens is 238 g/mol. The number of aryl methyl sites for hydroxylation is 1. The van der Waals surface area contributed by atoms with Gasteiger partial charge in [0.1, 0.15) is 5.76 Å². The van der Waals surface area contributed by atoms with Crippen molar-refractivity contribution in [2.24, 2.45) is 0 Å². The van der Waals surface area contributed by atoms with E-state index in [9.17, 15) is 0 Å². The van der Waals surface area contributed by atoms with Crippen molar-refractivity contribution in [1.29, 1.82) is 0 Å². The second-order valence-electron chi connectivity index (χ2n) is 3.91. The summed E-state index contributed by atoms with van der Waals surface area (Å²) >= 11 is 5.97. The molecule has 0 unspecified atom stereocenters. The van der Waals surface area contributed by atoms with Gasteiger partial charge in [0, 0.05) is 11.8 Å². The molecule has 17 heavy (non-hydrogen) atoms. The zero-order valence-electron chi connectivity index (χ0n) is 10.0. The maximum atomic E-state index is 5.97. The molecule has 2 heterocycles. The Balaban J connectivity index is 2.10. The molecule has 0 spiro atoms. The monoisotopic (exact) mass is 253 g/mol. The number of nitrogens with zero attached hydrogens (tertiary/aromatic N) is 2. The zero-order valence-corrected chi connectivity index (χ0v) is 10.8. The Morgan fingerprint density at radius 1 is 1.53 bits per heavy atom. The molecule has 2 aromatic rings. The van der Waals surface area contributed by atoms with Crippen LogP contribution in [0.25, 0.3) is 0 Å². The van der Waals surface area contributed by atoms with Crippen molar-refractivity contribution in [3.05, 3.63) is 40.6 Å². The van der Waals surface area contributed by atoms with Gasteiger partial charge in [0.25, 0.3) is 0 Å². The van der Waals surface area contributed by atoms with Crippen molar-refractivity contribution in [3.63, 3.8) is 0 Å². The smallest absolute Gasteiger partial charge is 0.122 e. The Morgan fingerprint density at radius 3 is 3.00 bits per heavy atom. The summed E-state index contributed by atoms with van der Waals surface area (Å²) in [5.41, 5.74) is 1.98. The first kappa shape index (κ1) is 12.2. The highest BCUT2D eigenvalue weighted by molar-refractivity contribution is 6.31. The fraction of sp³-hybridized carbons (Fsp3) is 0.417. The van der Waals surface area contributed by atoms with Gasteiger partial charge >= 0.3 is 0 Å². The first-order valence-electron chi connectivity index (χ1n) is 5.66. The molecule has 0 bridgehead atoms. The molecule has 0 radical (unpaired) electrons. The summed E-state index contributed by atoms with van der Waals surface area (Å²) in [6.45, 7) is 6.32. The number of halogens is 1. The molecule has 0 aliphatic rings. The average Bonchev–Trinajstić information content (AvgIpc) is 2.85. The van der Waals surface area contributed by atoms with E-state index in [2.05, 4.69) is 17.3 Å². The topological polar surface area (TPSA) is 43.0 Å².